The van der Waals surface area contributed by atoms with Crippen LogP contribution in [0.25, 0.3) is 0 Å². The van der Waals surface area contributed by atoms with Crippen molar-refractivity contribution in [3.05, 3.63) is 64.5 Å². The summed E-state index contributed by atoms with van der Waals surface area (Å²) in [5.74, 6) is 0.0751. The van der Waals surface area contributed by atoms with Gasteiger partial charge < -0.3 is 0 Å². The van der Waals surface area contributed by atoms with Crippen LogP contribution in [0.1, 0.15) is 32.6 Å². The molecule has 0 aliphatic carbocycles. The molecule has 1 aromatic carbocycles. The van der Waals surface area contributed by atoms with Gasteiger partial charge in [0.15, 0.2) is 5.78 Å². The van der Waals surface area contributed by atoms with Crippen LogP contribution in [-0.2, 0) is 0 Å². The van der Waals surface area contributed by atoms with Crippen LogP contribution in [0.15, 0.2) is 36.7 Å². The van der Waals surface area contributed by atoms with Crippen LogP contribution in [0.2, 0.25) is 0 Å². The van der Waals surface area contributed by atoms with Crippen LogP contribution in [0.5, 0.6) is 0 Å². The minimum atomic E-state index is 0.0751. The van der Waals surface area contributed by atoms with Crippen molar-refractivity contribution in [1.82, 2.24) is 4.98 Å². The van der Waals surface area contributed by atoms with Crippen molar-refractivity contribution in [2.24, 2.45) is 0 Å². The van der Waals surface area contributed by atoms with Crippen molar-refractivity contribution >= 4 is 5.78 Å². The van der Waals surface area contributed by atoms with Gasteiger partial charge in [0, 0.05) is 23.5 Å². The molecular weight excluding hydrogens is 210 g/mol. The van der Waals surface area contributed by atoms with Gasteiger partial charge in [-0.15, -0.1) is 0 Å². The smallest absolute Gasteiger partial charge is 0.193 e. The second-order valence-electron chi connectivity index (χ2n) is 4.34. The van der Waals surface area contributed by atoms with Gasteiger partial charge in [0.1, 0.15) is 0 Å². The lowest BCUT2D eigenvalue weighted by Gasteiger charge is -2.08. The molecule has 0 saturated carbocycles. The molecule has 1 heterocycles. The van der Waals surface area contributed by atoms with Crippen LogP contribution in [0.4, 0.5) is 0 Å². The van der Waals surface area contributed by atoms with Crippen molar-refractivity contribution in [2.75, 3.05) is 0 Å². The van der Waals surface area contributed by atoms with E-state index in [1.165, 1.54) is 0 Å². The summed E-state index contributed by atoms with van der Waals surface area (Å²) in [5, 5.41) is 0. The molecule has 17 heavy (non-hydrogen) atoms. The summed E-state index contributed by atoms with van der Waals surface area (Å²) >= 11 is 0. The van der Waals surface area contributed by atoms with E-state index in [0.29, 0.717) is 0 Å². The molecule has 2 nitrogen and oxygen atoms in total. The third kappa shape index (κ3) is 2.26. The van der Waals surface area contributed by atoms with E-state index in [2.05, 4.69) is 4.98 Å². The zero-order chi connectivity index (χ0) is 12.4. The molecule has 0 bridgehead atoms. The van der Waals surface area contributed by atoms with E-state index >= 15 is 0 Å². The normalized spacial score (nSPS) is 10.3. The highest BCUT2D eigenvalue weighted by Gasteiger charge is 2.13. The molecule has 2 heteroatoms. The first-order chi connectivity index (χ1) is 8.09. The average Bonchev–Trinajstić information content (AvgIpc) is 2.32. The molecule has 0 aliphatic rings. The molecule has 2 rings (SSSR count). The second-order valence-corrected chi connectivity index (χ2v) is 4.34. The predicted molar refractivity (Wildman–Crippen MR) is 68.3 cm³/mol. The van der Waals surface area contributed by atoms with Gasteiger partial charge in [0.2, 0.25) is 0 Å². The van der Waals surface area contributed by atoms with Crippen LogP contribution in [-0.4, -0.2) is 10.8 Å². The van der Waals surface area contributed by atoms with Gasteiger partial charge >= 0.3 is 0 Å². The van der Waals surface area contributed by atoms with Crippen LogP contribution >= 0.6 is 0 Å². The van der Waals surface area contributed by atoms with Gasteiger partial charge in [-0.05, 0) is 44.0 Å². The Balaban J connectivity index is 2.51. The maximum atomic E-state index is 12.4. The fourth-order valence-corrected chi connectivity index (χ4v) is 1.85. The third-order valence-corrected chi connectivity index (χ3v) is 2.90. The Bertz CT molecular complexity index is 573. The van der Waals surface area contributed by atoms with Crippen molar-refractivity contribution in [2.45, 2.75) is 20.8 Å². The van der Waals surface area contributed by atoms with Gasteiger partial charge in [-0.1, -0.05) is 17.7 Å². The number of pyridine rings is 1. The minimum Gasteiger partial charge on any atom is -0.289 e. The quantitative estimate of drug-likeness (QED) is 0.734. The van der Waals surface area contributed by atoms with Crippen molar-refractivity contribution in [3.8, 4) is 0 Å². The van der Waals surface area contributed by atoms with E-state index in [0.717, 1.165) is 27.8 Å². The summed E-state index contributed by atoms with van der Waals surface area (Å²) in [6, 6.07) is 7.72. The molecule has 0 unspecified atom stereocenters. The molecule has 0 N–H and O–H groups in total. The molecule has 0 spiro atoms. The number of carbonyl (C=O) groups is 1. The summed E-state index contributed by atoms with van der Waals surface area (Å²) in [5.41, 5.74) is 4.54. The topological polar surface area (TPSA) is 30.0 Å². The number of benzene rings is 1. The van der Waals surface area contributed by atoms with E-state index in [-0.39, 0.29) is 5.78 Å². The Hall–Kier alpha value is -1.96. The Morgan fingerprint density at radius 3 is 2.47 bits per heavy atom. The second kappa shape index (κ2) is 4.50. The molecule has 0 aliphatic heterocycles. The average molecular weight is 225 g/mol. The largest absolute Gasteiger partial charge is 0.289 e. The standard InChI is InChI=1S/C15H15NO/c1-10-4-5-11(2)14(8-10)15(17)13-6-7-16-9-12(13)3/h4-9H,1-3H3. The van der Waals surface area contributed by atoms with E-state index in [1.807, 2.05) is 39.0 Å². The Kier molecular flexibility index (Phi) is 3.05. The molecule has 0 radical (unpaired) electrons. The van der Waals surface area contributed by atoms with E-state index in [4.69, 9.17) is 0 Å². The molecule has 0 amide bonds. The molecule has 1 aromatic heterocycles. The van der Waals surface area contributed by atoms with Crippen LogP contribution in [0, 0.1) is 20.8 Å². The van der Waals surface area contributed by atoms with Gasteiger partial charge in [-0.3, -0.25) is 9.78 Å². The number of hydrogen-bond donors (Lipinski definition) is 0. The highest BCUT2D eigenvalue weighted by molar-refractivity contribution is 6.10. The molecule has 0 atom stereocenters. The third-order valence-electron chi connectivity index (χ3n) is 2.90. The number of carbonyl (C=O) groups excluding carboxylic acids is 1. The maximum Gasteiger partial charge on any atom is 0.193 e. The van der Waals surface area contributed by atoms with E-state index in [9.17, 15) is 4.79 Å². The van der Waals surface area contributed by atoms with Crippen LogP contribution < -0.4 is 0 Å². The molecular formula is C15H15NO. The molecule has 0 fully saturated rings. The Morgan fingerprint density at radius 2 is 1.76 bits per heavy atom. The molecule has 86 valence electrons. The molecule has 2 aromatic rings. The van der Waals surface area contributed by atoms with Gasteiger partial charge in [-0.2, -0.15) is 0 Å². The summed E-state index contributed by atoms with van der Waals surface area (Å²) in [6.07, 6.45) is 3.38. The summed E-state index contributed by atoms with van der Waals surface area (Å²) < 4.78 is 0. The van der Waals surface area contributed by atoms with E-state index < -0.39 is 0 Å². The van der Waals surface area contributed by atoms with E-state index in [1.54, 1.807) is 18.5 Å². The number of aryl methyl sites for hydroxylation is 3. The number of hydrogen-bond acceptors (Lipinski definition) is 2. The Morgan fingerprint density at radius 1 is 1.00 bits per heavy atom. The molecule has 0 saturated heterocycles. The first-order valence-corrected chi connectivity index (χ1v) is 5.62. The Labute approximate surface area is 101 Å². The zero-order valence-corrected chi connectivity index (χ0v) is 10.3. The number of ketones is 1. The lowest BCUT2D eigenvalue weighted by Crippen LogP contribution is -2.06. The van der Waals surface area contributed by atoms with Gasteiger partial charge in [0.25, 0.3) is 0 Å². The highest BCUT2D eigenvalue weighted by atomic mass is 16.1. The number of aromatic nitrogens is 1. The van der Waals surface area contributed by atoms with Crippen molar-refractivity contribution in [3.63, 3.8) is 0 Å². The van der Waals surface area contributed by atoms with Gasteiger partial charge in [-0.25, -0.2) is 0 Å². The monoisotopic (exact) mass is 225 g/mol. The minimum absolute atomic E-state index is 0.0751. The number of rotatable bonds is 2. The first kappa shape index (κ1) is 11.5. The maximum absolute atomic E-state index is 12.4. The summed E-state index contributed by atoms with van der Waals surface area (Å²) in [6.45, 7) is 5.87. The predicted octanol–water partition coefficient (Wildman–Crippen LogP) is 3.24. The van der Waals surface area contributed by atoms with Crippen molar-refractivity contribution < 1.29 is 4.79 Å². The fraction of sp³-hybridized carbons (Fsp3) is 0.200. The van der Waals surface area contributed by atoms with Crippen LogP contribution in [0.3, 0.4) is 0 Å². The lowest BCUT2D eigenvalue weighted by atomic mass is 9.96. The summed E-state index contributed by atoms with van der Waals surface area (Å²) in [7, 11) is 0. The highest BCUT2D eigenvalue weighted by Crippen LogP contribution is 2.17. The lowest BCUT2D eigenvalue weighted by molar-refractivity contribution is 0.103. The van der Waals surface area contributed by atoms with Crippen molar-refractivity contribution in [1.29, 1.82) is 0 Å². The first-order valence-electron chi connectivity index (χ1n) is 5.62. The SMILES string of the molecule is Cc1ccc(C)c(C(=O)c2ccncc2C)c1. The zero-order valence-electron chi connectivity index (χ0n) is 10.3. The summed E-state index contributed by atoms with van der Waals surface area (Å²) in [4.78, 5) is 16.4. The fourth-order valence-electron chi connectivity index (χ4n) is 1.85. The van der Waals surface area contributed by atoms with Gasteiger partial charge in [0.05, 0.1) is 0 Å². The number of nitrogens with zero attached hydrogens (tertiary/aromatic N) is 1.